The van der Waals surface area contributed by atoms with Crippen molar-refractivity contribution in [1.82, 2.24) is 5.32 Å². The zero-order valence-electron chi connectivity index (χ0n) is 10.1. The molecule has 0 fully saturated rings. The third-order valence-electron chi connectivity index (χ3n) is 2.83. The van der Waals surface area contributed by atoms with Crippen LogP contribution in [-0.4, -0.2) is 32.8 Å². The highest BCUT2D eigenvalue weighted by Gasteiger charge is 2.21. The van der Waals surface area contributed by atoms with Gasteiger partial charge in [-0.25, -0.2) is 0 Å². The largest absolute Gasteiger partial charge is 0.379 e. The molecule has 3 nitrogen and oxygen atoms in total. The van der Waals surface area contributed by atoms with Crippen LogP contribution in [0.4, 0.5) is 0 Å². The number of hydrogen-bond donors (Lipinski definition) is 2. The molecule has 0 aliphatic carbocycles. The molecule has 14 heavy (non-hydrogen) atoms. The molecule has 0 aromatic heterocycles. The van der Waals surface area contributed by atoms with E-state index >= 15 is 0 Å². The fourth-order valence-corrected chi connectivity index (χ4v) is 0.944. The lowest BCUT2D eigenvalue weighted by atomic mass is 9.81. The maximum absolute atomic E-state index is 5.31. The molecule has 0 aliphatic heterocycles. The summed E-state index contributed by atoms with van der Waals surface area (Å²) < 4.78 is 5.27. The van der Waals surface area contributed by atoms with Crippen LogP contribution in [-0.2, 0) is 4.74 Å². The molecule has 0 bridgehead atoms. The Kier molecular flexibility index (Phi) is 7.15. The second-order valence-corrected chi connectivity index (χ2v) is 4.72. The van der Waals surface area contributed by atoms with E-state index < -0.39 is 0 Å². The van der Waals surface area contributed by atoms with E-state index in [9.17, 15) is 0 Å². The minimum absolute atomic E-state index is 0.355. The van der Waals surface area contributed by atoms with Crippen molar-refractivity contribution in [3.05, 3.63) is 0 Å². The summed E-state index contributed by atoms with van der Waals surface area (Å²) in [7, 11) is 0. The van der Waals surface area contributed by atoms with Gasteiger partial charge in [0.1, 0.15) is 0 Å². The van der Waals surface area contributed by atoms with Gasteiger partial charge in [-0.15, -0.1) is 0 Å². The summed E-state index contributed by atoms with van der Waals surface area (Å²) in [6, 6.07) is 0. The van der Waals surface area contributed by atoms with Crippen LogP contribution in [0.1, 0.15) is 27.7 Å². The number of ether oxygens (including phenoxy) is 1. The number of hydrogen-bond acceptors (Lipinski definition) is 3. The second-order valence-electron chi connectivity index (χ2n) is 4.72. The molecule has 0 aliphatic rings. The zero-order valence-corrected chi connectivity index (χ0v) is 10.1. The highest BCUT2D eigenvalue weighted by Crippen LogP contribution is 2.24. The molecular weight excluding hydrogens is 176 g/mol. The summed E-state index contributed by atoms with van der Waals surface area (Å²) >= 11 is 0. The van der Waals surface area contributed by atoms with Gasteiger partial charge in [-0.3, -0.25) is 0 Å². The van der Waals surface area contributed by atoms with Crippen LogP contribution in [0.25, 0.3) is 0 Å². The maximum atomic E-state index is 5.31. The molecule has 0 spiro atoms. The Bertz CT molecular complexity index is 135. The van der Waals surface area contributed by atoms with E-state index in [1.165, 1.54) is 0 Å². The van der Waals surface area contributed by atoms with E-state index in [0.29, 0.717) is 24.5 Å². The lowest BCUT2D eigenvalue weighted by Gasteiger charge is -2.29. The Morgan fingerprint density at radius 3 is 2.43 bits per heavy atom. The Labute approximate surface area is 88.4 Å². The van der Waals surface area contributed by atoms with Crippen molar-refractivity contribution in [2.45, 2.75) is 27.7 Å². The molecule has 0 amide bonds. The molecule has 0 aromatic rings. The SMILES string of the molecule is CC(C)C(C)(C)CNCCOCCN. The Morgan fingerprint density at radius 2 is 1.93 bits per heavy atom. The fourth-order valence-electron chi connectivity index (χ4n) is 0.944. The summed E-state index contributed by atoms with van der Waals surface area (Å²) in [5.41, 5.74) is 5.66. The standard InChI is InChI=1S/C11H26N2O/c1-10(2)11(3,4)9-13-6-8-14-7-5-12/h10,13H,5-9,12H2,1-4H3. The Balaban J connectivity index is 3.35. The van der Waals surface area contributed by atoms with Crippen LogP contribution in [0.15, 0.2) is 0 Å². The van der Waals surface area contributed by atoms with E-state index in [1.54, 1.807) is 0 Å². The van der Waals surface area contributed by atoms with Gasteiger partial charge in [0.15, 0.2) is 0 Å². The quantitative estimate of drug-likeness (QED) is 0.582. The van der Waals surface area contributed by atoms with E-state index in [1.807, 2.05) is 0 Å². The molecular formula is C11H26N2O. The van der Waals surface area contributed by atoms with Crippen LogP contribution in [0, 0.1) is 11.3 Å². The third kappa shape index (κ3) is 6.35. The van der Waals surface area contributed by atoms with Gasteiger partial charge in [-0.2, -0.15) is 0 Å². The first-order chi connectivity index (χ1) is 6.50. The first-order valence-electron chi connectivity index (χ1n) is 5.49. The van der Waals surface area contributed by atoms with Crippen molar-refractivity contribution in [3.63, 3.8) is 0 Å². The minimum Gasteiger partial charge on any atom is -0.379 e. The molecule has 0 aromatic carbocycles. The molecule has 0 atom stereocenters. The molecule has 86 valence electrons. The molecule has 0 rings (SSSR count). The van der Waals surface area contributed by atoms with Crippen molar-refractivity contribution in [2.24, 2.45) is 17.1 Å². The Hall–Kier alpha value is -0.120. The summed E-state index contributed by atoms with van der Waals surface area (Å²) in [6.45, 7) is 13.1. The van der Waals surface area contributed by atoms with Crippen LogP contribution in [0.5, 0.6) is 0 Å². The zero-order chi connectivity index (χ0) is 11.0. The van der Waals surface area contributed by atoms with Crippen LogP contribution in [0.3, 0.4) is 0 Å². The monoisotopic (exact) mass is 202 g/mol. The Morgan fingerprint density at radius 1 is 1.29 bits per heavy atom. The summed E-state index contributed by atoms with van der Waals surface area (Å²) in [4.78, 5) is 0. The highest BCUT2D eigenvalue weighted by atomic mass is 16.5. The molecule has 0 unspecified atom stereocenters. The molecule has 0 radical (unpaired) electrons. The number of nitrogens with two attached hydrogens (primary N) is 1. The van der Waals surface area contributed by atoms with Gasteiger partial charge >= 0.3 is 0 Å². The van der Waals surface area contributed by atoms with E-state index in [-0.39, 0.29) is 0 Å². The number of nitrogens with one attached hydrogen (secondary N) is 1. The summed E-state index contributed by atoms with van der Waals surface area (Å²) in [5, 5.41) is 3.40. The van der Waals surface area contributed by atoms with Gasteiger partial charge in [0.25, 0.3) is 0 Å². The van der Waals surface area contributed by atoms with Crippen LogP contribution >= 0.6 is 0 Å². The predicted octanol–water partition coefficient (Wildman–Crippen LogP) is 1.23. The van der Waals surface area contributed by atoms with E-state index in [4.69, 9.17) is 10.5 Å². The van der Waals surface area contributed by atoms with E-state index in [2.05, 4.69) is 33.0 Å². The average Bonchev–Trinajstić information content (AvgIpc) is 2.10. The van der Waals surface area contributed by atoms with E-state index in [0.717, 1.165) is 19.7 Å². The molecule has 0 heterocycles. The topological polar surface area (TPSA) is 47.3 Å². The maximum Gasteiger partial charge on any atom is 0.0591 e. The summed E-state index contributed by atoms with van der Waals surface area (Å²) in [5.74, 6) is 0.694. The third-order valence-corrected chi connectivity index (χ3v) is 2.83. The van der Waals surface area contributed by atoms with Crippen LogP contribution < -0.4 is 11.1 Å². The van der Waals surface area contributed by atoms with Gasteiger partial charge in [0.05, 0.1) is 13.2 Å². The predicted molar refractivity (Wildman–Crippen MR) is 61.4 cm³/mol. The van der Waals surface area contributed by atoms with Crippen molar-refractivity contribution in [2.75, 3.05) is 32.8 Å². The van der Waals surface area contributed by atoms with Crippen molar-refractivity contribution in [3.8, 4) is 0 Å². The first kappa shape index (κ1) is 13.9. The second kappa shape index (κ2) is 7.21. The first-order valence-corrected chi connectivity index (χ1v) is 5.49. The fraction of sp³-hybridized carbons (Fsp3) is 1.00. The summed E-state index contributed by atoms with van der Waals surface area (Å²) in [6.07, 6.45) is 0. The molecule has 3 heteroatoms. The highest BCUT2D eigenvalue weighted by molar-refractivity contribution is 4.74. The smallest absolute Gasteiger partial charge is 0.0591 e. The van der Waals surface area contributed by atoms with Gasteiger partial charge in [-0.05, 0) is 11.3 Å². The average molecular weight is 202 g/mol. The minimum atomic E-state index is 0.355. The van der Waals surface area contributed by atoms with Gasteiger partial charge in [-0.1, -0.05) is 27.7 Å². The van der Waals surface area contributed by atoms with Crippen molar-refractivity contribution < 1.29 is 4.74 Å². The lowest BCUT2D eigenvalue weighted by Crippen LogP contribution is -2.35. The van der Waals surface area contributed by atoms with Crippen molar-refractivity contribution in [1.29, 1.82) is 0 Å². The van der Waals surface area contributed by atoms with Crippen LogP contribution in [0.2, 0.25) is 0 Å². The molecule has 0 saturated carbocycles. The molecule has 0 saturated heterocycles. The normalized spacial score (nSPS) is 12.4. The van der Waals surface area contributed by atoms with Gasteiger partial charge in [0.2, 0.25) is 0 Å². The van der Waals surface area contributed by atoms with Crippen molar-refractivity contribution >= 4 is 0 Å². The number of rotatable bonds is 8. The van der Waals surface area contributed by atoms with Gasteiger partial charge < -0.3 is 15.8 Å². The lowest BCUT2D eigenvalue weighted by molar-refractivity contribution is 0.137. The molecule has 3 N–H and O–H groups in total. The van der Waals surface area contributed by atoms with Gasteiger partial charge in [0, 0.05) is 19.6 Å².